The number of carbonyl (C=O) groups excluding carboxylic acids is 2. The summed E-state index contributed by atoms with van der Waals surface area (Å²) < 4.78 is 15.2. The summed E-state index contributed by atoms with van der Waals surface area (Å²) in [6, 6.07) is 5.03. The first-order valence-corrected chi connectivity index (χ1v) is 6.73. The van der Waals surface area contributed by atoms with E-state index in [0.29, 0.717) is 23.1 Å². The second-order valence-corrected chi connectivity index (χ2v) is 5.04. The normalized spacial score (nSPS) is 19.6. The molecule has 0 radical (unpaired) electrons. The highest BCUT2D eigenvalue weighted by molar-refractivity contribution is 5.94. The first-order chi connectivity index (χ1) is 10.0. The molecule has 0 heterocycles. The smallest absolute Gasteiger partial charge is 0.309 e. The Hall–Kier alpha value is -2.24. The number of carbonyl (C=O) groups is 2. The van der Waals surface area contributed by atoms with Crippen molar-refractivity contribution in [1.82, 2.24) is 0 Å². The lowest BCUT2D eigenvalue weighted by atomic mass is 10.2. The van der Waals surface area contributed by atoms with Gasteiger partial charge in [-0.15, -0.1) is 0 Å². The van der Waals surface area contributed by atoms with Crippen LogP contribution in [0.5, 0.6) is 11.5 Å². The van der Waals surface area contributed by atoms with Crippen LogP contribution in [0.4, 0.5) is 5.69 Å². The molecule has 1 aliphatic carbocycles. The molecule has 1 aromatic rings. The number of ether oxygens (including phenoxy) is 3. The van der Waals surface area contributed by atoms with Gasteiger partial charge in [-0.05, 0) is 24.5 Å². The van der Waals surface area contributed by atoms with Crippen molar-refractivity contribution >= 4 is 17.6 Å². The third-order valence-electron chi connectivity index (χ3n) is 3.44. The molecule has 6 heteroatoms. The largest absolute Gasteiger partial charge is 0.497 e. The number of hydrogen-bond donors (Lipinski definition) is 1. The maximum Gasteiger partial charge on any atom is 0.309 e. The Morgan fingerprint density at radius 2 is 2.00 bits per heavy atom. The Balaban J connectivity index is 1.88. The first kappa shape index (κ1) is 15.2. The minimum atomic E-state index is -0.403. The van der Waals surface area contributed by atoms with E-state index in [0.717, 1.165) is 6.42 Å². The van der Waals surface area contributed by atoms with Gasteiger partial charge >= 0.3 is 5.97 Å². The van der Waals surface area contributed by atoms with Crippen LogP contribution in [0.1, 0.15) is 13.3 Å². The van der Waals surface area contributed by atoms with Crippen molar-refractivity contribution in [3.63, 3.8) is 0 Å². The molecule has 0 spiro atoms. The topological polar surface area (TPSA) is 73.9 Å². The molecule has 0 bridgehead atoms. The second-order valence-electron chi connectivity index (χ2n) is 5.04. The Morgan fingerprint density at radius 3 is 2.57 bits per heavy atom. The Morgan fingerprint density at radius 1 is 1.29 bits per heavy atom. The van der Waals surface area contributed by atoms with Crippen LogP contribution in [0.25, 0.3) is 0 Å². The van der Waals surface area contributed by atoms with Gasteiger partial charge < -0.3 is 19.5 Å². The predicted octanol–water partition coefficient (Wildman–Crippen LogP) is 1.84. The fourth-order valence-electron chi connectivity index (χ4n) is 1.98. The molecule has 0 aromatic heterocycles. The summed E-state index contributed by atoms with van der Waals surface area (Å²) in [5, 5.41) is 2.64. The van der Waals surface area contributed by atoms with E-state index in [1.807, 2.05) is 6.92 Å². The summed E-state index contributed by atoms with van der Waals surface area (Å²) >= 11 is 0. The Labute approximate surface area is 123 Å². The van der Waals surface area contributed by atoms with Crippen LogP contribution in [0.15, 0.2) is 18.2 Å². The van der Waals surface area contributed by atoms with Crippen LogP contribution in [0.3, 0.4) is 0 Å². The summed E-state index contributed by atoms with van der Waals surface area (Å²) in [6.07, 6.45) is 0.840. The zero-order valence-electron chi connectivity index (χ0n) is 12.3. The third kappa shape index (κ3) is 3.87. The van der Waals surface area contributed by atoms with Crippen molar-refractivity contribution in [3.05, 3.63) is 18.2 Å². The molecule has 0 unspecified atom stereocenters. The van der Waals surface area contributed by atoms with Crippen molar-refractivity contribution < 1.29 is 23.8 Å². The molecular weight excluding hydrogens is 274 g/mol. The van der Waals surface area contributed by atoms with E-state index in [1.165, 1.54) is 7.11 Å². The maximum atomic E-state index is 11.8. The fraction of sp³-hybridized carbons (Fsp3) is 0.467. The number of nitrogens with one attached hydrogen (secondary N) is 1. The van der Waals surface area contributed by atoms with E-state index in [2.05, 4.69) is 5.32 Å². The number of rotatable bonds is 6. The van der Waals surface area contributed by atoms with Crippen LogP contribution < -0.4 is 14.8 Å². The molecular formula is C15H19NO5. The number of methoxy groups -OCH3 is 2. The van der Waals surface area contributed by atoms with E-state index in [9.17, 15) is 9.59 Å². The van der Waals surface area contributed by atoms with Gasteiger partial charge in [0, 0.05) is 6.07 Å². The van der Waals surface area contributed by atoms with Gasteiger partial charge in [-0.3, -0.25) is 9.59 Å². The molecule has 2 rings (SSSR count). The lowest BCUT2D eigenvalue weighted by Crippen LogP contribution is -2.22. The summed E-state index contributed by atoms with van der Waals surface area (Å²) in [5.41, 5.74) is 0.499. The molecule has 0 saturated heterocycles. The second kappa shape index (κ2) is 6.47. The molecule has 1 N–H and O–H groups in total. The minimum absolute atomic E-state index is 0.0478. The van der Waals surface area contributed by atoms with Gasteiger partial charge in [0.2, 0.25) is 0 Å². The predicted molar refractivity (Wildman–Crippen MR) is 76.4 cm³/mol. The number of anilines is 1. The molecule has 21 heavy (non-hydrogen) atoms. The fourth-order valence-corrected chi connectivity index (χ4v) is 1.98. The van der Waals surface area contributed by atoms with Crippen LogP contribution in [-0.4, -0.2) is 32.7 Å². The summed E-state index contributed by atoms with van der Waals surface area (Å²) in [7, 11) is 3.05. The van der Waals surface area contributed by atoms with Crippen molar-refractivity contribution in [1.29, 1.82) is 0 Å². The summed E-state index contributed by atoms with van der Waals surface area (Å²) in [4.78, 5) is 23.3. The Bertz CT molecular complexity index is 543. The zero-order chi connectivity index (χ0) is 15.4. The highest BCUT2D eigenvalue weighted by atomic mass is 16.5. The number of benzene rings is 1. The monoisotopic (exact) mass is 293 g/mol. The highest BCUT2D eigenvalue weighted by Crippen LogP contribution is 2.38. The van der Waals surface area contributed by atoms with Crippen molar-refractivity contribution in [2.75, 3.05) is 26.1 Å². The van der Waals surface area contributed by atoms with E-state index in [1.54, 1.807) is 25.3 Å². The first-order valence-electron chi connectivity index (χ1n) is 6.73. The standard InChI is InChI=1S/C15H19NO5/c1-9-6-11(9)15(18)21-8-14(17)16-12-5-4-10(19-2)7-13(12)20-3/h4-5,7,9,11H,6,8H2,1-3H3,(H,16,17)/t9-,11-/m1/s1. The molecule has 1 saturated carbocycles. The van der Waals surface area contributed by atoms with Crippen LogP contribution >= 0.6 is 0 Å². The van der Waals surface area contributed by atoms with Crippen LogP contribution in [0.2, 0.25) is 0 Å². The van der Waals surface area contributed by atoms with Gasteiger partial charge in [-0.2, -0.15) is 0 Å². The zero-order valence-corrected chi connectivity index (χ0v) is 12.3. The molecule has 2 atom stereocenters. The average Bonchev–Trinajstić information content (AvgIpc) is 3.22. The maximum absolute atomic E-state index is 11.8. The SMILES string of the molecule is COc1ccc(NC(=O)COC(=O)[C@@H]2C[C@H]2C)c(OC)c1. The summed E-state index contributed by atoms with van der Waals surface area (Å²) in [5.74, 6) is 0.707. The van der Waals surface area contributed by atoms with E-state index >= 15 is 0 Å². The van der Waals surface area contributed by atoms with E-state index in [4.69, 9.17) is 14.2 Å². The lowest BCUT2D eigenvalue weighted by molar-refractivity contribution is -0.148. The Kier molecular flexibility index (Phi) is 4.67. The van der Waals surface area contributed by atoms with E-state index in [-0.39, 0.29) is 18.5 Å². The molecule has 1 aliphatic rings. The van der Waals surface area contributed by atoms with Crippen molar-refractivity contribution in [2.45, 2.75) is 13.3 Å². The molecule has 0 aliphatic heterocycles. The van der Waals surface area contributed by atoms with Gasteiger partial charge in [-0.25, -0.2) is 0 Å². The van der Waals surface area contributed by atoms with Gasteiger partial charge in [0.05, 0.1) is 25.8 Å². The number of amides is 1. The van der Waals surface area contributed by atoms with E-state index < -0.39 is 5.91 Å². The molecule has 1 aromatic carbocycles. The quantitative estimate of drug-likeness (QED) is 0.810. The molecule has 1 amide bonds. The highest BCUT2D eigenvalue weighted by Gasteiger charge is 2.40. The molecule has 1 fully saturated rings. The lowest BCUT2D eigenvalue weighted by Gasteiger charge is -2.11. The van der Waals surface area contributed by atoms with Crippen LogP contribution in [0, 0.1) is 11.8 Å². The molecule has 6 nitrogen and oxygen atoms in total. The average molecular weight is 293 g/mol. The van der Waals surface area contributed by atoms with Crippen molar-refractivity contribution in [3.8, 4) is 11.5 Å². The van der Waals surface area contributed by atoms with Crippen LogP contribution in [-0.2, 0) is 14.3 Å². The van der Waals surface area contributed by atoms with Gasteiger partial charge in [-0.1, -0.05) is 6.92 Å². The summed E-state index contributed by atoms with van der Waals surface area (Å²) in [6.45, 7) is 1.69. The van der Waals surface area contributed by atoms with Crippen molar-refractivity contribution in [2.24, 2.45) is 11.8 Å². The number of hydrogen-bond acceptors (Lipinski definition) is 5. The van der Waals surface area contributed by atoms with Gasteiger partial charge in [0.15, 0.2) is 6.61 Å². The molecule has 114 valence electrons. The number of esters is 1. The van der Waals surface area contributed by atoms with Gasteiger partial charge in [0.25, 0.3) is 5.91 Å². The van der Waals surface area contributed by atoms with Gasteiger partial charge in [0.1, 0.15) is 11.5 Å². The minimum Gasteiger partial charge on any atom is -0.497 e. The third-order valence-corrected chi connectivity index (χ3v) is 3.44.